The third-order valence-electron chi connectivity index (χ3n) is 3.64. The summed E-state index contributed by atoms with van der Waals surface area (Å²) in [6.07, 6.45) is 3.80. The maximum Gasteiger partial charge on any atom is 0.336 e. The zero-order valence-electron chi connectivity index (χ0n) is 10.4. The van der Waals surface area contributed by atoms with Crippen molar-refractivity contribution in [2.45, 2.75) is 0 Å². The van der Waals surface area contributed by atoms with Crippen LogP contribution in [0.2, 0.25) is 0 Å². The van der Waals surface area contributed by atoms with E-state index in [0.29, 0.717) is 11.1 Å². The van der Waals surface area contributed by atoms with Gasteiger partial charge in [-0.3, -0.25) is 5.10 Å². The van der Waals surface area contributed by atoms with E-state index < -0.39 is 5.97 Å². The number of benzene rings is 2. The second-order valence-electron chi connectivity index (χ2n) is 4.75. The summed E-state index contributed by atoms with van der Waals surface area (Å²) < 4.78 is 0. The monoisotopic (exact) mass is 262 g/mol. The minimum atomic E-state index is -0.927. The van der Waals surface area contributed by atoms with Gasteiger partial charge in [0, 0.05) is 10.9 Å². The molecule has 0 saturated carbocycles. The van der Waals surface area contributed by atoms with Crippen LogP contribution in [-0.4, -0.2) is 21.3 Å². The number of aromatic carboxylic acids is 1. The number of carboxylic acids is 1. The lowest BCUT2D eigenvalue weighted by Crippen LogP contribution is -2.00. The van der Waals surface area contributed by atoms with Crippen molar-refractivity contribution in [3.63, 3.8) is 0 Å². The van der Waals surface area contributed by atoms with Crippen molar-refractivity contribution in [3.05, 3.63) is 53.1 Å². The van der Waals surface area contributed by atoms with Crippen LogP contribution >= 0.6 is 0 Å². The third-order valence-corrected chi connectivity index (χ3v) is 3.64. The van der Waals surface area contributed by atoms with Crippen molar-refractivity contribution < 1.29 is 9.90 Å². The molecule has 0 fully saturated rings. The number of carbonyl (C=O) groups is 1. The number of nitrogens with zero attached hydrogens (tertiary/aromatic N) is 1. The number of H-pyrrole nitrogens is 1. The molecule has 1 aliphatic carbocycles. The molecule has 2 aromatic carbocycles. The standard InChI is InChI=1S/C16H10N2O2/c19-16(20)12-5-2-4-11-10(12)8-7-9-3-1-6-13-14(9)15(11)18-17-13/h1-8H,(H,17,18)(H,19,20). The predicted octanol–water partition coefficient (Wildman–Crippen LogP) is 3.41. The summed E-state index contributed by atoms with van der Waals surface area (Å²) in [5.74, 6) is -0.927. The van der Waals surface area contributed by atoms with E-state index in [1.54, 1.807) is 12.1 Å². The van der Waals surface area contributed by atoms with Crippen molar-refractivity contribution in [1.82, 2.24) is 10.2 Å². The van der Waals surface area contributed by atoms with Gasteiger partial charge >= 0.3 is 5.97 Å². The summed E-state index contributed by atoms with van der Waals surface area (Å²) in [5, 5.41) is 17.7. The summed E-state index contributed by atoms with van der Waals surface area (Å²) in [4.78, 5) is 11.4. The average molecular weight is 262 g/mol. The highest BCUT2D eigenvalue weighted by atomic mass is 16.4. The zero-order valence-corrected chi connectivity index (χ0v) is 10.4. The molecule has 20 heavy (non-hydrogen) atoms. The molecular formula is C16H10N2O2. The Morgan fingerprint density at radius 2 is 1.95 bits per heavy atom. The van der Waals surface area contributed by atoms with Gasteiger partial charge in [0.15, 0.2) is 0 Å². The van der Waals surface area contributed by atoms with E-state index in [4.69, 9.17) is 0 Å². The summed E-state index contributed by atoms with van der Waals surface area (Å²) in [6, 6.07) is 11.2. The summed E-state index contributed by atoms with van der Waals surface area (Å²) >= 11 is 0. The molecule has 0 radical (unpaired) electrons. The molecule has 0 spiro atoms. The highest BCUT2D eigenvalue weighted by Crippen LogP contribution is 2.36. The third kappa shape index (κ3) is 1.36. The molecule has 3 aromatic rings. The van der Waals surface area contributed by atoms with Gasteiger partial charge in [-0.1, -0.05) is 36.4 Å². The van der Waals surface area contributed by atoms with E-state index in [1.165, 1.54) is 0 Å². The first-order valence-corrected chi connectivity index (χ1v) is 6.27. The lowest BCUT2D eigenvalue weighted by Gasteiger charge is -2.06. The van der Waals surface area contributed by atoms with Gasteiger partial charge in [0.25, 0.3) is 0 Å². The van der Waals surface area contributed by atoms with Crippen molar-refractivity contribution in [2.75, 3.05) is 0 Å². The predicted molar refractivity (Wildman–Crippen MR) is 77.4 cm³/mol. The van der Waals surface area contributed by atoms with Crippen LogP contribution in [0, 0.1) is 0 Å². The molecule has 1 aromatic heterocycles. The van der Waals surface area contributed by atoms with Crippen molar-refractivity contribution in [2.24, 2.45) is 0 Å². The fraction of sp³-hybridized carbons (Fsp3) is 0. The highest BCUT2D eigenvalue weighted by molar-refractivity contribution is 6.07. The van der Waals surface area contributed by atoms with E-state index in [2.05, 4.69) is 10.2 Å². The number of hydrogen-bond donors (Lipinski definition) is 2. The van der Waals surface area contributed by atoms with Gasteiger partial charge in [0.2, 0.25) is 0 Å². The van der Waals surface area contributed by atoms with E-state index in [9.17, 15) is 9.90 Å². The van der Waals surface area contributed by atoms with Gasteiger partial charge in [-0.25, -0.2) is 4.79 Å². The first kappa shape index (κ1) is 11.0. The Bertz CT molecular complexity index is 891. The molecule has 4 heteroatoms. The van der Waals surface area contributed by atoms with Gasteiger partial charge in [-0.05, 0) is 23.3 Å². The van der Waals surface area contributed by atoms with Crippen LogP contribution in [-0.2, 0) is 0 Å². The van der Waals surface area contributed by atoms with Crippen molar-refractivity contribution in [3.8, 4) is 11.3 Å². The fourth-order valence-electron chi connectivity index (χ4n) is 2.74. The Morgan fingerprint density at radius 3 is 2.80 bits per heavy atom. The summed E-state index contributed by atoms with van der Waals surface area (Å²) in [7, 11) is 0. The molecule has 96 valence electrons. The lowest BCUT2D eigenvalue weighted by molar-refractivity contribution is 0.0696. The van der Waals surface area contributed by atoms with Crippen molar-refractivity contribution in [1.29, 1.82) is 0 Å². The van der Waals surface area contributed by atoms with Crippen LogP contribution < -0.4 is 0 Å². The van der Waals surface area contributed by atoms with E-state index in [1.807, 2.05) is 36.4 Å². The number of nitrogens with one attached hydrogen (secondary N) is 1. The number of rotatable bonds is 1. The molecule has 0 atom stereocenters. The molecule has 0 aliphatic heterocycles. The van der Waals surface area contributed by atoms with Crippen LogP contribution in [0.3, 0.4) is 0 Å². The lowest BCUT2D eigenvalue weighted by atomic mass is 9.98. The molecule has 1 aliphatic rings. The molecule has 2 N–H and O–H groups in total. The number of fused-ring (bicyclic) bond motifs is 2. The normalized spacial score (nSPS) is 12.2. The van der Waals surface area contributed by atoms with Crippen LogP contribution in [0.1, 0.15) is 21.5 Å². The smallest absolute Gasteiger partial charge is 0.336 e. The number of carboxylic acid groups (broad SMARTS) is 1. The molecule has 4 rings (SSSR count). The minimum Gasteiger partial charge on any atom is -0.478 e. The fourth-order valence-corrected chi connectivity index (χ4v) is 2.74. The second-order valence-corrected chi connectivity index (χ2v) is 4.75. The van der Waals surface area contributed by atoms with E-state index >= 15 is 0 Å². The Morgan fingerprint density at radius 1 is 1.10 bits per heavy atom. The number of aromatic amines is 1. The molecule has 1 heterocycles. The maximum atomic E-state index is 11.4. The quantitative estimate of drug-likeness (QED) is 0.552. The summed E-state index contributed by atoms with van der Waals surface area (Å²) in [5.41, 5.74) is 4.64. The number of hydrogen-bond acceptors (Lipinski definition) is 2. The molecular weight excluding hydrogens is 252 g/mol. The molecule has 0 unspecified atom stereocenters. The molecule has 0 amide bonds. The Hall–Kier alpha value is -2.88. The minimum absolute atomic E-state index is 0.294. The molecule has 0 saturated heterocycles. The first-order valence-electron chi connectivity index (χ1n) is 6.27. The van der Waals surface area contributed by atoms with Gasteiger partial charge in [0.1, 0.15) is 5.69 Å². The van der Waals surface area contributed by atoms with Crippen LogP contribution in [0.4, 0.5) is 0 Å². The van der Waals surface area contributed by atoms with Crippen LogP contribution in [0.5, 0.6) is 0 Å². The SMILES string of the molecule is O=C(O)c1cccc2c1C=Cc1cccc3[nH]nc-2c13. The Labute approximate surface area is 114 Å². The first-order chi connectivity index (χ1) is 9.75. The summed E-state index contributed by atoms with van der Waals surface area (Å²) in [6.45, 7) is 0. The van der Waals surface area contributed by atoms with E-state index in [0.717, 1.165) is 27.7 Å². The molecule has 0 bridgehead atoms. The Kier molecular flexibility index (Phi) is 2.09. The van der Waals surface area contributed by atoms with Crippen LogP contribution in [0.25, 0.3) is 34.3 Å². The zero-order chi connectivity index (χ0) is 13.7. The highest BCUT2D eigenvalue weighted by Gasteiger charge is 2.20. The topological polar surface area (TPSA) is 66.0 Å². The number of aromatic nitrogens is 2. The van der Waals surface area contributed by atoms with Gasteiger partial charge in [-0.2, -0.15) is 5.10 Å². The van der Waals surface area contributed by atoms with Crippen molar-refractivity contribution >= 4 is 29.0 Å². The maximum absolute atomic E-state index is 11.4. The van der Waals surface area contributed by atoms with Gasteiger partial charge in [-0.15, -0.1) is 0 Å². The largest absolute Gasteiger partial charge is 0.478 e. The Balaban J connectivity index is 2.16. The van der Waals surface area contributed by atoms with Crippen LogP contribution in [0.15, 0.2) is 36.4 Å². The second kappa shape index (κ2) is 3.81. The van der Waals surface area contributed by atoms with Gasteiger partial charge < -0.3 is 5.11 Å². The molecule has 4 nitrogen and oxygen atoms in total. The van der Waals surface area contributed by atoms with E-state index in [-0.39, 0.29) is 0 Å². The average Bonchev–Trinajstić information content (AvgIpc) is 2.81. The van der Waals surface area contributed by atoms with Gasteiger partial charge in [0.05, 0.1) is 11.1 Å².